The summed E-state index contributed by atoms with van der Waals surface area (Å²) in [6.45, 7) is 9.48. The van der Waals surface area contributed by atoms with Crippen molar-refractivity contribution in [2.45, 2.75) is 52.7 Å². The van der Waals surface area contributed by atoms with E-state index in [4.69, 9.17) is 9.47 Å². The lowest BCUT2D eigenvalue weighted by atomic mass is 9.97. The molecule has 0 N–H and O–H groups in total. The lowest BCUT2D eigenvalue weighted by molar-refractivity contribution is -0.148. The highest BCUT2D eigenvalue weighted by Gasteiger charge is 2.46. The summed E-state index contributed by atoms with van der Waals surface area (Å²) in [6.07, 6.45) is 5.24. The largest absolute Gasteiger partial charge is 0.462 e. The third-order valence-corrected chi connectivity index (χ3v) is 4.97. The molecule has 0 aliphatic carbocycles. The number of fused-ring (bicyclic) bond motifs is 1. The monoisotopic (exact) mass is 321 g/mol. The number of carbonyl (C=O) groups excluding carboxylic acids is 2. The maximum Gasteiger partial charge on any atom is 0.333 e. The van der Waals surface area contributed by atoms with Crippen LogP contribution >= 0.6 is 0 Å². The second kappa shape index (κ2) is 7.77. The Balaban J connectivity index is 1.95. The predicted molar refractivity (Wildman–Crippen MR) is 87.8 cm³/mol. The van der Waals surface area contributed by atoms with Gasteiger partial charge in [-0.25, -0.2) is 9.59 Å². The fraction of sp³-hybridized carbons (Fsp3) is 0.667. The summed E-state index contributed by atoms with van der Waals surface area (Å²) < 4.78 is 11.1. The molecule has 3 atom stereocenters. The standard InChI is InChI=1S/C18H27NO4/c1-5-12(3)17(20)22-11-14-7-9-19-10-8-15(16(14)19)23-18(21)13(4)6-2/h5-6,14-16H,7-11H2,1-4H3/b12-5+,13-6+/t14-,15-,16?/m1/s1. The molecule has 5 nitrogen and oxygen atoms in total. The quantitative estimate of drug-likeness (QED) is 0.575. The topological polar surface area (TPSA) is 55.8 Å². The van der Waals surface area contributed by atoms with Crippen molar-refractivity contribution in [1.29, 1.82) is 0 Å². The summed E-state index contributed by atoms with van der Waals surface area (Å²) in [5, 5.41) is 0. The van der Waals surface area contributed by atoms with Gasteiger partial charge in [0, 0.05) is 23.6 Å². The van der Waals surface area contributed by atoms with Crippen molar-refractivity contribution in [2.24, 2.45) is 5.92 Å². The van der Waals surface area contributed by atoms with E-state index in [0.29, 0.717) is 17.8 Å². The Bertz CT molecular complexity index is 523. The average molecular weight is 321 g/mol. The van der Waals surface area contributed by atoms with Crippen LogP contribution in [0.4, 0.5) is 0 Å². The van der Waals surface area contributed by atoms with Gasteiger partial charge >= 0.3 is 11.9 Å². The van der Waals surface area contributed by atoms with Crippen LogP contribution in [0.3, 0.4) is 0 Å². The van der Waals surface area contributed by atoms with Gasteiger partial charge in [0.05, 0.1) is 12.6 Å². The van der Waals surface area contributed by atoms with E-state index in [-0.39, 0.29) is 30.0 Å². The van der Waals surface area contributed by atoms with Gasteiger partial charge in [0.1, 0.15) is 6.10 Å². The Labute approximate surface area is 138 Å². The van der Waals surface area contributed by atoms with Gasteiger partial charge in [0.15, 0.2) is 0 Å². The van der Waals surface area contributed by atoms with E-state index in [1.54, 1.807) is 26.0 Å². The molecule has 2 aliphatic heterocycles. The van der Waals surface area contributed by atoms with Crippen molar-refractivity contribution < 1.29 is 19.1 Å². The third-order valence-electron chi connectivity index (χ3n) is 4.97. The fourth-order valence-electron chi connectivity index (χ4n) is 3.29. The van der Waals surface area contributed by atoms with Crippen LogP contribution in [0.2, 0.25) is 0 Å². The van der Waals surface area contributed by atoms with Crippen LogP contribution in [0.25, 0.3) is 0 Å². The van der Waals surface area contributed by atoms with Crippen molar-refractivity contribution in [3.05, 3.63) is 23.3 Å². The van der Waals surface area contributed by atoms with Crippen LogP contribution in [0.15, 0.2) is 23.3 Å². The van der Waals surface area contributed by atoms with E-state index < -0.39 is 0 Å². The van der Waals surface area contributed by atoms with E-state index >= 15 is 0 Å². The summed E-state index contributed by atoms with van der Waals surface area (Å²) in [5.74, 6) is -0.274. The molecule has 0 bridgehead atoms. The van der Waals surface area contributed by atoms with E-state index in [0.717, 1.165) is 25.9 Å². The first-order chi connectivity index (χ1) is 11.0. The van der Waals surface area contributed by atoms with Gasteiger partial charge in [-0.1, -0.05) is 12.2 Å². The Morgan fingerprint density at radius 3 is 2.30 bits per heavy atom. The average Bonchev–Trinajstić information content (AvgIpc) is 3.14. The molecule has 0 radical (unpaired) electrons. The normalized spacial score (nSPS) is 28.6. The number of nitrogens with zero attached hydrogens (tertiary/aromatic N) is 1. The van der Waals surface area contributed by atoms with Crippen molar-refractivity contribution in [3.63, 3.8) is 0 Å². The van der Waals surface area contributed by atoms with Crippen LogP contribution in [0.1, 0.15) is 40.5 Å². The summed E-state index contributed by atoms with van der Waals surface area (Å²) in [5.41, 5.74) is 1.26. The third kappa shape index (κ3) is 4.02. The van der Waals surface area contributed by atoms with Crippen molar-refractivity contribution in [3.8, 4) is 0 Å². The number of esters is 2. The van der Waals surface area contributed by atoms with Crippen LogP contribution in [-0.4, -0.2) is 48.7 Å². The first kappa shape index (κ1) is 17.7. The lowest BCUT2D eigenvalue weighted by Crippen LogP contribution is -2.38. The minimum Gasteiger partial charge on any atom is -0.462 e. The van der Waals surface area contributed by atoms with Gasteiger partial charge in [-0.2, -0.15) is 0 Å². The number of ether oxygens (including phenoxy) is 2. The minimum absolute atomic E-state index is 0.105. The SMILES string of the molecule is C/C=C(\C)C(=O)OC[C@H]1CCN2CC[C@@H](OC(=O)/C(C)=C/C)C12. The molecule has 0 aromatic carbocycles. The smallest absolute Gasteiger partial charge is 0.333 e. The molecule has 0 amide bonds. The minimum atomic E-state index is -0.262. The van der Waals surface area contributed by atoms with Gasteiger partial charge in [0.25, 0.3) is 0 Å². The molecular formula is C18H27NO4. The summed E-state index contributed by atoms with van der Waals surface area (Å²) in [7, 11) is 0. The zero-order valence-corrected chi connectivity index (χ0v) is 14.5. The molecule has 128 valence electrons. The molecule has 5 heteroatoms. The first-order valence-electron chi connectivity index (χ1n) is 8.35. The highest BCUT2D eigenvalue weighted by Crippen LogP contribution is 2.35. The zero-order valence-electron chi connectivity index (χ0n) is 14.5. The second-order valence-corrected chi connectivity index (χ2v) is 6.35. The summed E-state index contributed by atoms with van der Waals surface area (Å²) in [4.78, 5) is 26.2. The van der Waals surface area contributed by atoms with E-state index in [1.807, 2.05) is 13.8 Å². The maximum atomic E-state index is 12.0. The molecule has 2 heterocycles. The molecule has 1 unspecified atom stereocenters. The van der Waals surface area contributed by atoms with Crippen LogP contribution < -0.4 is 0 Å². The van der Waals surface area contributed by atoms with Gasteiger partial charge in [-0.05, 0) is 47.1 Å². The van der Waals surface area contributed by atoms with Gasteiger partial charge < -0.3 is 9.47 Å². The van der Waals surface area contributed by atoms with Crippen molar-refractivity contribution in [1.82, 2.24) is 4.90 Å². The Morgan fingerprint density at radius 2 is 1.65 bits per heavy atom. The molecule has 0 saturated carbocycles. The molecular weight excluding hydrogens is 294 g/mol. The van der Waals surface area contributed by atoms with E-state index in [2.05, 4.69) is 4.90 Å². The number of hydrogen-bond acceptors (Lipinski definition) is 5. The number of hydrogen-bond donors (Lipinski definition) is 0. The number of allylic oxidation sites excluding steroid dienone is 2. The van der Waals surface area contributed by atoms with Crippen molar-refractivity contribution >= 4 is 11.9 Å². The molecule has 23 heavy (non-hydrogen) atoms. The Kier molecular flexibility index (Phi) is 5.99. The van der Waals surface area contributed by atoms with Gasteiger partial charge in [-0.15, -0.1) is 0 Å². The van der Waals surface area contributed by atoms with Crippen molar-refractivity contribution in [2.75, 3.05) is 19.7 Å². The number of rotatable bonds is 5. The highest BCUT2D eigenvalue weighted by atomic mass is 16.5. The second-order valence-electron chi connectivity index (χ2n) is 6.35. The molecule has 2 fully saturated rings. The molecule has 2 saturated heterocycles. The zero-order chi connectivity index (χ0) is 17.0. The predicted octanol–water partition coefficient (Wildman–Crippen LogP) is 2.47. The molecule has 0 aromatic heterocycles. The van der Waals surface area contributed by atoms with Crippen LogP contribution in [0.5, 0.6) is 0 Å². The first-order valence-corrected chi connectivity index (χ1v) is 8.35. The fourth-order valence-corrected chi connectivity index (χ4v) is 3.29. The van der Waals surface area contributed by atoms with Gasteiger partial charge in [-0.3, -0.25) is 4.90 Å². The summed E-state index contributed by atoms with van der Waals surface area (Å²) in [6, 6.07) is 0.169. The van der Waals surface area contributed by atoms with Gasteiger partial charge in [0.2, 0.25) is 0 Å². The molecule has 2 rings (SSSR count). The molecule has 0 aromatic rings. The molecule has 0 spiro atoms. The Hall–Kier alpha value is -1.62. The Morgan fingerprint density at radius 1 is 1.04 bits per heavy atom. The lowest BCUT2D eigenvalue weighted by Gasteiger charge is -2.26. The summed E-state index contributed by atoms with van der Waals surface area (Å²) >= 11 is 0. The highest BCUT2D eigenvalue weighted by molar-refractivity contribution is 5.88. The van der Waals surface area contributed by atoms with Crippen LogP contribution in [0, 0.1) is 5.92 Å². The number of carbonyl (C=O) groups is 2. The maximum absolute atomic E-state index is 12.0. The molecule has 2 aliphatic rings. The van der Waals surface area contributed by atoms with Crippen LogP contribution in [-0.2, 0) is 19.1 Å². The van der Waals surface area contributed by atoms with E-state index in [1.165, 1.54) is 0 Å². The van der Waals surface area contributed by atoms with E-state index in [9.17, 15) is 9.59 Å².